The molecule has 180 valence electrons. The zero-order valence-electron chi connectivity index (χ0n) is 18.6. The number of rotatable bonds is 8. The van der Waals surface area contributed by atoms with Crippen LogP contribution in [-0.4, -0.2) is 61.2 Å². The van der Waals surface area contributed by atoms with E-state index in [1.54, 1.807) is 19.0 Å². The monoisotopic (exact) mass is 482 g/mol. The van der Waals surface area contributed by atoms with Gasteiger partial charge in [0.25, 0.3) is 0 Å². The summed E-state index contributed by atoms with van der Waals surface area (Å²) in [5.74, 6) is 0. The van der Waals surface area contributed by atoms with Crippen LogP contribution in [0.3, 0.4) is 0 Å². The van der Waals surface area contributed by atoms with E-state index >= 15 is 0 Å². The Morgan fingerprint density at radius 2 is 1.48 bits per heavy atom. The lowest BCUT2D eigenvalue weighted by Crippen LogP contribution is -2.62. The zero-order chi connectivity index (χ0) is 23.8. The molecule has 1 N–H and O–H groups in total. The van der Waals surface area contributed by atoms with Gasteiger partial charge in [-0.3, -0.25) is 0 Å². The summed E-state index contributed by atoms with van der Waals surface area (Å²) in [7, 11) is 3.57. The number of benzene rings is 2. The zero-order valence-corrected chi connectivity index (χ0v) is 19.4. The Balaban J connectivity index is 1.84. The van der Waals surface area contributed by atoms with Crippen molar-refractivity contribution in [3.05, 3.63) is 71.8 Å². The van der Waals surface area contributed by atoms with Crippen LogP contribution in [0.4, 0.5) is 13.2 Å². The van der Waals surface area contributed by atoms with E-state index in [0.717, 1.165) is 11.1 Å². The van der Waals surface area contributed by atoms with Gasteiger partial charge >= 0.3 is 6.18 Å². The molecule has 2 aromatic carbocycles. The number of nitrogens with zero attached hydrogens (tertiary/aromatic N) is 1. The molecule has 2 aromatic rings. The van der Waals surface area contributed by atoms with Crippen LogP contribution < -0.4 is 5.32 Å². The number of hydrogen-bond donors (Lipinski definition) is 1. The van der Waals surface area contributed by atoms with E-state index in [9.17, 15) is 13.2 Å². The second-order valence-electron chi connectivity index (χ2n) is 8.16. The summed E-state index contributed by atoms with van der Waals surface area (Å²) < 4.78 is 58.0. The fourth-order valence-corrected chi connectivity index (χ4v) is 3.77. The van der Waals surface area contributed by atoms with Gasteiger partial charge in [-0.15, -0.1) is 0 Å². The maximum Gasteiger partial charge on any atom is 0.391 e. The minimum absolute atomic E-state index is 0.0133. The van der Waals surface area contributed by atoms with E-state index in [-0.39, 0.29) is 19.8 Å². The molecule has 0 saturated carbocycles. The lowest BCUT2D eigenvalue weighted by Gasteiger charge is -2.43. The van der Waals surface area contributed by atoms with Gasteiger partial charge < -0.3 is 24.4 Å². The van der Waals surface area contributed by atoms with Crippen molar-refractivity contribution in [2.24, 2.45) is 0 Å². The number of hydrogen-bond acceptors (Lipinski definition) is 4. The van der Waals surface area contributed by atoms with Crippen molar-refractivity contribution in [2.45, 2.75) is 50.2 Å². The Morgan fingerprint density at radius 3 is 1.97 bits per heavy atom. The second kappa shape index (κ2) is 11.8. The molecule has 0 aliphatic carbocycles. The second-order valence-corrected chi connectivity index (χ2v) is 8.55. The Hall–Kier alpha value is -2.20. The maximum atomic E-state index is 13.3. The normalized spacial score (nSPS) is 23.2. The van der Waals surface area contributed by atoms with Gasteiger partial charge in [-0.1, -0.05) is 60.7 Å². The van der Waals surface area contributed by atoms with Gasteiger partial charge in [-0.2, -0.15) is 13.2 Å². The average Bonchev–Trinajstić information content (AvgIpc) is 2.78. The third-order valence-corrected chi connectivity index (χ3v) is 5.78. The quantitative estimate of drug-likeness (QED) is 0.566. The average molecular weight is 483 g/mol. The number of alkyl halides is 3. The van der Waals surface area contributed by atoms with Gasteiger partial charge in [0.2, 0.25) is 0 Å². The van der Waals surface area contributed by atoms with Gasteiger partial charge in [0, 0.05) is 14.1 Å². The number of nitrogens with one attached hydrogen (secondary N) is 1. The van der Waals surface area contributed by atoms with E-state index < -0.39 is 37.0 Å². The summed E-state index contributed by atoms with van der Waals surface area (Å²) in [6, 6.07) is 18.3. The number of ether oxygens (including phenoxy) is 3. The molecule has 3 rings (SSSR count). The first kappa shape index (κ1) is 25.4. The van der Waals surface area contributed by atoms with Crippen LogP contribution in [0.25, 0.3) is 0 Å². The smallest absolute Gasteiger partial charge is 0.373 e. The molecule has 0 radical (unpaired) electrons. The van der Waals surface area contributed by atoms with Gasteiger partial charge in [0.1, 0.15) is 12.2 Å². The van der Waals surface area contributed by atoms with Crippen molar-refractivity contribution in [1.29, 1.82) is 0 Å². The van der Waals surface area contributed by atoms with Crippen molar-refractivity contribution in [3.8, 4) is 0 Å². The Morgan fingerprint density at radius 1 is 0.970 bits per heavy atom. The predicted molar refractivity (Wildman–Crippen MR) is 124 cm³/mol. The molecule has 1 aliphatic heterocycles. The maximum absolute atomic E-state index is 13.3. The summed E-state index contributed by atoms with van der Waals surface area (Å²) in [6.45, 7) is 0.376. The van der Waals surface area contributed by atoms with E-state index in [1.165, 1.54) is 0 Å². The van der Waals surface area contributed by atoms with Crippen LogP contribution in [0.15, 0.2) is 60.7 Å². The van der Waals surface area contributed by atoms with Crippen LogP contribution in [0.2, 0.25) is 0 Å². The molecule has 1 heterocycles. The summed E-state index contributed by atoms with van der Waals surface area (Å²) in [4.78, 5) is 1.71. The lowest BCUT2D eigenvalue weighted by molar-refractivity contribution is -0.229. The first-order chi connectivity index (χ1) is 15.7. The minimum atomic E-state index is -4.40. The fraction of sp³-hybridized carbons (Fsp3) is 0.458. The van der Waals surface area contributed by atoms with Crippen molar-refractivity contribution < 1.29 is 27.4 Å². The molecular weight excluding hydrogens is 453 g/mol. The van der Waals surface area contributed by atoms with Crippen molar-refractivity contribution in [1.82, 2.24) is 10.2 Å². The Bertz CT molecular complexity index is 868. The van der Waals surface area contributed by atoms with Crippen molar-refractivity contribution in [3.63, 3.8) is 0 Å². The molecule has 33 heavy (non-hydrogen) atoms. The van der Waals surface area contributed by atoms with E-state index in [4.69, 9.17) is 26.4 Å². The van der Waals surface area contributed by atoms with Gasteiger partial charge in [0.05, 0.1) is 38.4 Å². The molecule has 1 saturated heterocycles. The topological polar surface area (TPSA) is 43.0 Å². The standard InChI is InChI=1S/C24H29F3N2O3S/c1-29(2)23(33)28-19-16-30-20(13-24(25,26)27)22(32-15-18-11-7-4-8-12-18)21(19)31-14-17-9-5-3-6-10-17/h3-12,19-22H,13-16H2,1-2H3,(H,28,33). The molecule has 9 heteroatoms. The molecular formula is C24H29F3N2O3S. The molecule has 1 aliphatic rings. The van der Waals surface area contributed by atoms with E-state index in [0.29, 0.717) is 5.11 Å². The molecule has 0 spiro atoms. The predicted octanol–water partition coefficient (Wildman–Crippen LogP) is 4.31. The summed E-state index contributed by atoms with van der Waals surface area (Å²) >= 11 is 5.37. The highest BCUT2D eigenvalue weighted by Crippen LogP contribution is 2.32. The summed E-state index contributed by atoms with van der Waals surface area (Å²) in [6.07, 6.45) is -8.38. The highest BCUT2D eigenvalue weighted by molar-refractivity contribution is 7.80. The molecule has 0 bridgehead atoms. The molecule has 4 unspecified atom stereocenters. The van der Waals surface area contributed by atoms with Crippen molar-refractivity contribution in [2.75, 3.05) is 20.7 Å². The number of halogens is 3. The SMILES string of the molecule is CN(C)C(=S)NC1COC(CC(F)(F)F)C(OCc2ccccc2)C1OCc1ccccc1. The van der Waals surface area contributed by atoms with E-state index in [2.05, 4.69) is 5.32 Å². The van der Waals surface area contributed by atoms with Crippen LogP contribution in [0.1, 0.15) is 17.5 Å². The summed E-state index contributed by atoms with van der Waals surface area (Å²) in [5, 5.41) is 3.60. The Kier molecular flexibility index (Phi) is 9.08. The third-order valence-electron chi connectivity index (χ3n) is 5.29. The molecule has 0 amide bonds. The van der Waals surface area contributed by atoms with Crippen molar-refractivity contribution >= 4 is 17.3 Å². The summed E-state index contributed by atoms with van der Waals surface area (Å²) in [5.41, 5.74) is 1.76. The van der Waals surface area contributed by atoms with Crippen LogP contribution in [0.5, 0.6) is 0 Å². The van der Waals surface area contributed by atoms with Crippen LogP contribution in [0, 0.1) is 0 Å². The van der Waals surface area contributed by atoms with Gasteiger partial charge in [0.15, 0.2) is 5.11 Å². The highest BCUT2D eigenvalue weighted by atomic mass is 32.1. The molecule has 1 fully saturated rings. The lowest BCUT2D eigenvalue weighted by atomic mass is 9.95. The minimum Gasteiger partial charge on any atom is -0.373 e. The fourth-order valence-electron chi connectivity index (χ4n) is 3.62. The largest absolute Gasteiger partial charge is 0.391 e. The van der Waals surface area contributed by atoms with E-state index in [1.807, 2.05) is 60.7 Å². The van der Waals surface area contributed by atoms with Crippen LogP contribution in [-0.2, 0) is 27.4 Å². The highest BCUT2D eigenvalue weighted by Gasteiger charge is 2.47. The first-order valence-electron chi connectivity index (χ1n) is 10.7. The van der Waals surface area contributed by atoms with Gasteiger partial charge in [-0.05, 0) is 23.3 Å². The van der Waals surface area contributed by atoms with Gasteiger partial charge in [-0.25, -0.2) is 0 Å². The van der Waals surface area contributed by atoms with Crippen LogP contribution >= 0.6 is 12.2 Å². The molecule has 0 aromatic heterocycles. The third kappa shape index (κ3) is 7.96. The molecule has 5 nitrogen and oxygen atoms in total. The first-order valence-corrected chi connectivity index (χ1v) is 11.1. The number of thiocarbonyl (C=S) groups is 1. The molecule has 4 atom stereocenters. The Labute approximate surface area is 197 Å².